The standard InChI is InChI=1S/C20H30N2O3/c1-4-21(5-2)16-17-22(15-14-20(24)25-6-3)19(23)13-12-18-10-8-7-9-11-18/h7-13H,4-6,14-17H2,1-3H3/b13-12+. The maximum Gasteiger partial charge on any atom is 0.307 e. The molecule has 0 unspecified atom stereocenters. The summed E-state index contributed by atoms with van der Waals surface area (Å²) in [7, 11) is 0. The molecule has 0 saturated carbocycles. The lowest BCUT2D eigenvalue weighted by molar-refractivity contribution is -0.143. The predicted octanol–water partition coefficient (Wildman–Crippen LogP) is 2.82. The first-order valence-corrected chi connectivity index (χ1v) is 9.00. The number of hydrogen-bond acceptors (Lipinski definition) is 4. The van der Waals surface area contributed by atoms with Gasteiger partial charge >= 0.3 is 5.97 Å². The van der Waals surface area contributed by atoms with E-state index in [1.54, 1.807) is 24.0 Å². The van der Waals surface area contributed by atoms with Gasteiger partial charge in [0.2, 0.25) is 5.91 Å². The highest BCUT2D eigenvalue weighted by molar-refractivity contribution is 5.92. The number of esters is 1. The van der Waals surface area contributed by atoms with Crippen LogP contribution in [-0.4, -0.2) is 61.0 Å². The van der Waals surface area contributed by atoms with Crippen LogP contribution in [0.3, 0.4) is 0 Å². The Morgan fingerprint density at radius 2 is 1.68 bits per heavy atom. The van der Waals surface area contributed by atoms with Gasteiger partial charge in [0.05, 0.1) is 13.0 Å². The third-order valence-corrected chi connectivity index (χ3v) is 4.00. The summed E-state index contributed by atoms with van der Waals surface area (Å²) >= 11 is 0. The van der Waals surface area contributed by atoms with Crippen LogP contribution in [0.5, 0.6) is 0 Å². The van der Waals surface area contributed by atoms with Gasteiger partial charge in [-0.25, -0.2) is 0 Å². The molecule has 5 heteroatoms. The minimum absolute atomic E-state index is 0.0830. The second kappa shape index (κ2) is 12.3. The SMILES string of the molecule is CCOC(=O)CCN(CCN(CC)CC)C(=O)/C=C/c1ccccc1. The molecule has 0 aliphatic carbocycles. The van der Waals surface area contributed by atoms with E-state index in [0.29, 0.717) is 19.7 Å². The van der Waals surface area contributed by atoms with Crippen LogP contribution in [-0.2, 0) is 14.3 Å². The normalized spacial score (nSPS) is 11.0. The van der Waals surface area contributed by atoms with Gasteiger partial charge in [-0.05, 0) is 31.7 Å². The molecule has 0 aliphatic heterocycles. The third kappa shape index (κ3) is 8.49. The van der Waals surface area contributed by atoms with Crippen LogP contribution in [0, 0.1) is 0 Å². The molecular weight excluding hydrogens is 316 g/mol. The van der Waals surface area contributed by atoms with Crippen molar-refractivity contribution in [2.24, 2.45) is 0 Å². The van der Waals surface area contributed by atoms with Crippen molar-refractivity contribution in [3.63, 3.8) is 0 Å². The maximum atomic E-state index is 12.5. The quantitative estimate of drug-likeness (QED) is 0.457. The van der Waals surface area contributed by atoms with E-state index in [1.807, 2.05) is 30.3 Å². The number of carbonyl (C=O) groups excluding carboxylic acids is 2. The van der Waals surface area contributed by atoms with Gasteiger partial charge in [0.1, 0.15) is 0 Å². The molecule has 0 saturated heterocycles. The maximum absolute atomic E-state index is 12.5. The Balaban J connectivity index is 2.68. The molecule has 0 radical (unpaired) electrons. The number of carbonyl (C=O) groups is 2. The Morgan fingerprint density at radius 1 is 1.00 bits per heavy atom. The molecule has 0 N–H and O–H groups in total. The van der Waals surface area contributed by atoms with Gasteiger partial charge in [-0.1, -0.05) is 44.2 Å². The fourth-order valence-electron chi connectivity index (χ4n) is 2.43. The zero-order valence-corrected chi connectivity index (χ0v) is 15.6. The van der Waals surface area contributed by atoms with Crippen molar-refractivity contribution in [1.82, 2.24) is 9.80 Å². The first-order valence-electron chi connectivity index (χ1n) is 9.00. The van der Waals surface area contributed by atoms with E-state index in [9.17, 15) is 9.59 Å². The Bertz CT molecular complexity index is 539. The van der Waals surface area contributed by atoms with Crippen LogP contribution < -0.4 is 0 Å². The van der Waals surface area contributed by atoms with Gasteiger partial charge in [0.15, 0.2) is 0 Å². The zero-order valence-electron chi connectivity index (χ0n) is 15.6. The second-order valence-corrected chi connectivity index (χ2v) is 5.65. The largest absolute Gasteiger partial charge is 0.466 e. The molecule has 0 aliphatic rings. The Morgan fingerprint density at radius 3 is 2.28 bits per heavy atom. The number of benzene rings is 1. The minimum atomic E-state index is -0.268. The number of likely N-dealkylation sites (N-methyl/N-ethyl adjacent to an activating group) is 1. The van der Waals surface area contributed by atoms with E-state index in [2.05, 4.69) is 18.7 Å². The monoisotopic (exact) mass is 346 g/mol. The van der Waals surface area contributed by atoms with Gasteiger partial charge in [-0.3, -0.25) is 9.59 Å². The van der Waals surface area contributed by atoms with Crippen molar-refractivity contribution in [2.45, 2.75) is 27.2 Å². The summed E-state index contributed by atoms with van der Waals surface area (Å²) < 4.78 is 4.96. The topological polar surface area (TPSA) is 49.9 Å². The van der Waals surface area contributed by atoms with E-state index in [4.69, 9.17) is 4.74 Å². The van der Waals surface area contributed by atoms with Crippen LogP contribution in [0.1, 0.15) is 32.8 Å². The Kier molecular flexibility index (Phi) is 10.2. The number of hydrogen-bond donors (Lipinski definition) is 0. The second-order valence-electron chi connectivity index (χ2n) is 5.65. The molecule has 25 heavy (non-hydrogen) atoms. The molecule has 138 valence electrons. The van der Waals surface area contributed by atoms with Crippen LogP contribution in [0.2, 0.25) is 0 Å². The highest BCUT2D eigenvalue weighted by atomic mass is 16.5. The lowest BCUT2D eigenvalue weighted by Gasteiger charge is -2.25. The summed E-state index contributed by atoms with van der Waals surface area (Å²) in [5, 5.41) is 0. The van der Waals surface area contributed by atoms with E-state index >= 15 is 0 Å². The van der Waals surface area contributed by atoms with Crippen molar-refractivity contribution < 1.29 is 14.3 Å². The molecule has 0 atom stereocenters. The average Bonchev–Trinajstić information content (AvgIpc) is 2.64. The van der Waals surface area contributed by atoms with Crippen molar-refractivity contribution in [2.75, 3.05) is 39.3 Å². The molecule has 1 aromatic carbocycles. The van der Waals surface area contributed by atoms with Crippen LogP contribution >= 0.6 is 0 Å². The van der Waals surface area contributed by atoms with Crippen molar-refractivity contribution in [3.05, 3.63) is 42.0 Å². The predicted molar refractivity (Wildman–Crippen MR) is 101 cm³/mol. The van der Waals surface area contributed by atoms with Crippen molar-refractivity contribution >= 4 is 18.0 Å². The van der Waals surface area contributed by atoms with E-state index in [1.165, 1.54) is 0 Å². The number of nitrogens with zero attached hydrogens (tertiary/aromatic N) is 2. The fourth-order valence-corrected chi connectivity index (χ4v) is 2.43. The Hall–Kier alpha value is -2.14. The Labute approximate surface area is 151 Å². The van der Waals surface area contributed by atoms with Crippen LogP contribution in [0.25, 0.3) is 6.08 Å². The molecule has 0 spiro atoms. The molecule has 0 bridgehead atoms. The van der Waals surface area contributed by atoms with Gasteiger partial charge in [0, 0.05) is 25.7 Å². The fraction of sp³-hybridized carbons (Fsp3) is 0.500. The first kappa shape index (κ1) is 20.9. The number of amides is 1. The summed E-state index contributed by atoms with van der Waals surface area (Å²) in [6.45, 7) is 9.99. The van der Waals surface area contributed by atoms with Gasteiger partial charge in [0.25, 0.3) is 0 Å². The molecule has 5 nitrogen and oxygen atoms in total. The van der Waals surface area contributed by atoms with Gasteiger partial charge in [-0.2, -0.15) is 0 Å². The lowest BCUT2D eigenvalue weighted by atomic mass is 10.2. The summed E-state index contributed by atoms with van der Waals surface area (Å²) in [6.07, 6.45) is 3.59. The molecule has 1 rings (SSSR count). The van der Waals surface area contributed by atoms with Crippen molar-refractivity contribution in [1.29, 1.82) is 0 Å². The van der Waals surface area contributed by atoms with E-state index in [-0.39, 0.29) is 18.3 Å². The molecule has 0 heterocycles. The summed E-state index contributed by atoms with van der Waals surface area (Å²) in [5.41, 5.74) is 0.977. The minimum Gasteiger partial charge on any atom is -0.466 e. The summed E-state index contributed by atoms with van der Waals surface area (Å²) in [6, 6.07) is 9.70. The molecular formula is C20H30N2O3. The van der Waals surface area contributed by atoms with Crippen LogP contribution in [0.15, 0.2) is 36.4 Å². The van der Waals surface area contributed by atoms with Crippen molar-refractivity contribution in [3.8, 4) is 0 Å². The highest BCUT2D eigenvalue weighted by Gasteiger charge is 2.14. The smallest absolute Gasteiger partial charge is 0.307 e. The summed E-state index contributed by atoms with van der Waals surface area (Å²) in [4.78, 5) is 28.1. The number of rotatable bonds is 11. The first-order chi connectivity index (χ1) is 12.1. The third-order valence-electron chi connectivity index (χ3n) is 4.00. The lowest BCUT2D eigenvalue weighted by Crippen LogP contribution is -2.39. The average molecular weight is 346 g/mol. The summed E-state index contributed by atoms with van der Waals surface area (Å²) in [5.74, 6) is -0.351. The molecule has 1 aromatic rings. The zero-order chi connectivity index (χ0) is 18.5. The highest BCUT2D eigenvalue weighted by Crippen LogP contribution is 2.04. The molecule has 0 fully saturated rings. The molecule has 0 aromatic heterocycles. The van der Waals surface area contributed by atoms with E-state index in [0.717, 1.165) is 25.2 Å². The van der Waals surface area contributed by atoms with Crippen LogP contribution in [0.4, 0.5) is 0 Å². The number of ether oxygens (including phenoxy) is 1. The van der Waals surface area contributed by atoms with E-state index < -0.39 is 0 Å². The van der Waals surface area contributed by atoms with Gasteiger partial charge < -0.3 is 14.5 Å². The van der Waals surface area contributed by atoms with Gasteiger partial charge in [-0.15, -0.1) is 0 Å². The molecule has 1 amide bonds.